The van der Waals surface area contributed by atoms with Crippen molar-refractivity contribution in [3.8, 4) is 0 Å². The number of nitrogen functional groups attached to an aromatic ring is 1. The van der Waals surface area contributed by atoms with E-state index < -0.39 is 0 Å². The minimum Gasteiger partial charge on any atom is -0.453 e. The van der Waals surface area contributed by atoms with Gasteiger partial charge in [0.05, 0.1) is 7.11 Å². The molecule has 2 aromatic rings. The van der Waals surface area contributed by atoms with Gasteiger partial charge in [-0.25, -0.2) is 9.89 Å². The highest BCUT2D eigenvalue weighted by Crippen LogP contribution is 2.28. The van der Waals surface area contributed by atoms with Crippen LogP contribution in [0.4, 0.5) is 16.7 Å². The number of benzene rings is 1. The summed E-state index contributed by atoms with van der Waals surface area (Å²) in [6.07, 6.45) is 2.62. The predicted octanol–water partition coefficient (Wildman–Crippen LogP) is 2.39. The molecule has 168 valence electrons. The number of carbonyl (C=O) groups is 1. The lowest BCUT2D eigenvalue weighted by Gasteiger charge is -2.49. The van der Waals surface area contributed by atoms with E-state index in [9.17, 15) is 4.79 Å². The molecule has 31 heavy (non-hydrogen) atoms. The maximum absolute atomic E-state index is 12.3. The van der Waals surface area contributed by atoms with Crippen LogP contribution in [0.15, 0.2) is 24.3 Å². The summed E-state index contributed by atoms with van der Waals surface area (Å²) in [4.78, 5) is 23.2. The fraction of sp³-hybridized carbons (Fsp3) is 0.571. The highest BCUT2D eigenvalue weighted by Gasteiger charge is 2.39. The number of H-pyrrole nitrogens is 1. The number of carbonyl (C=O) groups excluding carboxylic acids is 1. The molecule has 0 aliphatic carbocycles. The average molecular weight is 448 g/mol. The zero-order valence-electron chi connectivity index (χ0n) is 18.0. The van der Waals surface area contributed by atoms with Gasteiger partial charge in [0.1, 0.15) is 0 Å². The molecule has 4 rings (SSSR count). The number of nitrogens with zero attached hydrogens (tertiary/aromatic N) is 5. The minimum absolute atomic E-state index is 0.0970. The van der Waals surface area contributed by atoms with E-state index in [1.54, 1.807) is 0 Å². The number of methoxy groups -OCH3 is 1. The molecule has 1 aromatic carbocycles. The molecule has 0 bridgehead atoms. The Morgan fingerprint density at radius 1 is 1.26 bits per heavy atom. The number of hydrogen-bond acceptors (Lipinski definition) is 7. The highest BCUT2D eigenvalue weighted by atomic mass is 35.5. The van der Waals surface area contributed by atoms with Crippen LogP contribution in [0, 0.1) is 0 Å². The SMILES string of the molecule is COC(=O)N1CC(Cc2ccc(Cl)cc2)N(C2CCN(c3n[nH]c(N)n3)CC2)CC1C. The van der Waals surface area contributed by atoms with Gasteiger partial charge < -0.3 is 20.3 Å². The van der Waals surface area contributed by atoms with Gasteiger partial charge in [-0.1, -0.05) is 23.7 Å². The van der Waals surface area contributed by atoms with Crippen LogP contribution in [0.1, 0.15) is 25.3 Å². The molecule has 1 aromatic heterocycles. The Morgan fingerprint density at radius 2 is 1.97 bits per heavy atom. The molecular formula is C21H30ClN7O2. The van der Waals surface area contributed by atoms with E-state index in [1.807, 2.05) is 17.0 Å². The summed E-state index contributed by atoms with van der Waals surface area (Å²) in [6, 6.07) is 8.73. The van der Waals surface area contributed by atoms with Crippen LogP contribution in [0.25, 0.3) is 0 Å². The summed E-state index contributed by atoms with van der Waals surface area (Å²) in [5, 5.41) is 7.63. The Labute approximate surface area is 187 Å². The van der Waals surface area contributed by atoms with Gasteiger partial charge >= 0.3 is 6.09 Å². The molecule has 2 fully saturated rings. The van der Waals surface area contributed by atoms with Gasteiger partial charge in [0.2, 0.25) is 11.9 Å². The molecule has 0 spiro atoms. The molecule has 3 heterocycles. The maximum atomic E-state index is 12.3. The third kappa shape index (κ3) is 4.88. The predicted molar refractivity (Wildman–Crippen MR) is 120 cm³/mol. The third-order valence-electron chi connectivity index (χ3n) is 6.38. The Bertz CT molecular complexity index is 882. The van der Waals surface area contributed by atoms with E-state index in [4.69, 9.17) is 22.1 Å². The molecular weight excluding hydrogens is 418 g/mol. The van der Waals surface area contributed by atoms with Crippen LogP contribution in [0.3, 0.4) is 0 Å². The Hall–Kier alpha value is -2.52. The fourth-order valence-electron chi connectivity index (χ4n) is 4.76. The van der Waals surface area contributed by atoms with E-state index >= 15 is 0 Å². The molecule has 0 saturated carbocycles. The normalized spacial score (nSPS) is 23.2. The first-order valence-corrected chi connectivity index (χ1v) is 11.1. The van der Waals surface area contributed by atoms with Crippen molar-refractivity contribution in [2.75, 3.05) is 43.9 Å². The number of halogens is 1. The summed E-state index contributed by atoms with van der Waals surface area (Å²) in [6.45, 7) is 5.32. The monoisotopic (exact) mass is 447 g/mol. The molecule has 2 aliphatic rings. The van der Waals surface area contributed by atoms with Gasteiger partial charge in [0.25, 0.3) is 0 Å². The van der Waals surface area contributed by atoms with Crippen LogP contribution in [0.5, 0.6) is 0 Å². The van der Waals surface area contributed by atoms with Crippen LogP contribution >= 0.6 is 11.6 Å². The molecule has 2 unspecified atom stereocenters. The first-order chi connectivity index (χ1) is 14.9. The second kappa shape index (κ2) is 9.32. The molecule has 2 aliphatic heterocycles. The first kappa shape index (κ1) is 21.7. The Kier molecular flexibility index (Phi) is 6.52. The molecule has 2 saturated heterocycles. The van der Waals surface area contributed by atoms with Gasteiger partial charge in [0, 0.05) is 49.3 Å². The standard InChI is InChI=1S/C21H30ClN7O2/c1-14-12-29(17-7-9-27(10-8-17)20-24-19(23)25-26-20)18(13-28(14)21(30)31-2)11-15-3-5-16(22)6-4-15/h3-6,14,17-18H,7-13H2,1-2H3,(H3,23,24,25,26). The van der Waals surface area contributed by atoms with E-state index in [2.05, 4.69) is 44.0 Å². The third-order valence-corrected chi connectivity index (χ3v) is 6.64. The van der Waals surface area contributed by atoms with Crippen molar-refractivity contribution in [1.82, 2.24) is 25.0 Å². The largest absolute Gasteiger partial charge is 0.453 e. The zero-order valence-corrected chi connectivity index (χ0v) is 18.8. The van der Waals surface area contributed by atoms with E-state index in [0.29, 0.717) is 24.5 Å². The number of piperidine rings is 1. The number of hydrogen-bond donors (Lipinski definition) is 2. The Morgan fingerprint density at radius 3 is 2.58 bits per heavy atom. The van der Waals surface area contributed by atoms with Crippen molar-refractivity contribution >= 4 is 29.6 Å². The van der Waals surface area contributed by atoms with Crippen molar-refractivity contribution in [2.45, 2.75) is 44.3 Å². The molecule has 0 radical (unpaired) electrons. The number of rotatable bonds is 4. The second-order valence-electron chi connectivity index (χ2n) is 8.39. The van der Waals surface area contributed by atoms with Crippen molar-refractivity contribution in [1.29, 1.82) is 0 Å². The lowest BCUT2D eigenvalue weighted by Crippen LogP contribution is -2.63. The van der Waals surface area contributed by atoms with Gasteiger partial charge in [0.15, 0.2) is 0 Å². The number of piperazine rings is 1. The van der Waals surface area contributed by atoms with Crippen LogP contribution < -0.4 is 10.6 Å². The fourth-order valence-corrected chi connectivity index (χ4v) is 4.89. The van der Waals surface area contributed by atoms with E-state index in [-0.39, 0.29) is 18.2 Å². The lowest BCUT2D eigenvalue weighted by atomic mass is 9.94. The number of nitrogens with two attached hydrogens (primary N) is 1. The number of amides is 1. The average Bonchev–Trinajstić information content (AvgIpc) is 3.22. The summed E-state index contributed by atoms with van der Waals surface area (Å²) >= 11 is 6.07. The van der Waals surface area contributed by atoms with Crippen LogP contribution in [-0.4, -0.2) is 82.5 Å². The van der Waals surface area contributed by atoms with Gasteiger partial charge in [-0.3, -0.25) is 4.90 Å². The summed E-state index contributed by atoms with van der Waals surface area (Å²) < 4.78 is 5.04. The number of ether oxygens (including phenoxy) is 1. The number of nitrogens with one attached hydrogen (secondary N) is 1. The summed E-state index contributed by atoms with van der Waals surface area (Å²) in [5.41, 5.74) is 6.89. The second-order valence-corrected chi connectivity index (χ2v) is 8.83. The van der Waals surface area contributed by atoms with E-state index in [0.717, 1.165) is 43.9 Å². The van der Waals surface area contributed by atoms with E-state index in [1.165, 1.54) is 12.7 Å². The van der Waals surface area contributed by atoms with Crippen molar-refractivity contribution < 1.29 is 9.53 Å². The lowest BCUT2D eigenvalue weighted by molar-refractivity contribution is 0.00259. The first-order valence-electron chi connectivity index (χ1n) is 10.7. The Balaban J connectivity index is 1.48. The van der Waals surface area contributed by atoms with Crippen molar-refractivity contribution in [2.24, 2.45) is 0 Å². The molecule has 2 atom stereocenters. The topological polar surface area (TPSA) is 104 Å². The highest BCUT2D eigenvalue weighted by molar-refractivity contribution is 6.30. The van der Waals surface area contributed by atoms with Gasteiger partial charge in [-0.05, 0) is 43.9 Å². The van der Waals surface area contributed by atoms with Gasteiger partial charge in [-0.15, -0.1) is 5.10 Å². The van der Waals surface area contributed by atoms with Crippen LogP contribution in [-0.2, 0) is 11.2 Å². The molecule has 1 amide bonds. The zero-order chi connectivity index (χ0) is 22.0. The quantitative estimate of drug-likeness (QED) is 0.741. The van der Waals surface area contributed by atoms with Crippen molar-refractivity contribution in [3.05, 3.63) is 34.9 Å². The molecule has 10 heteroatoms. The van der Waals surface area contributed by atoms with Gasteiger partial charge in [-0.2, -0.15) is 4.98 Å². The maximum Gasteiger partial charge on any atom is 0.409 e. The molecule has 9 nitrogen and oxygen atoms in total. The smallest absolute Gasteiger partial charge is 0.409 e. The minimum atomic E-state index is -0.259. The number of anilines is 2. The van der Waals surface area contributed by atoms with Crippen LogP contribution in [0.2, 0.25) is 5.02 Å². The summed E-state index contributed by atoms with van der Waals surface area (Å²) in [5.74, 6) is 1.01. The molecule has 3 N–H and O–H groups in total. The number of aromatic amines is 1. The summed E-state index contributed by atoms with van der Waals surface area (Å²) in [7, 11) is 1.45. The number of aromatic nitrogens is 3. The van der Waals surface area contributed by atoms with Crippen molar-refractivity contribution in [3.63, 3.8) is 0 Å².